The Hall–Kier alpha value is -1.85. The molecule has 0 aromatic heterocycles. The topological polar surface area (TPSA) is 33.3 Å². The van der Waals surface area contributed by atoms with Crippen molar-refractivity contribution in [3.05, 3.63) is 53.3 Å². The summed E-state index contributed by atoms with van der Waals surface area (Å²) in [5, 5.41) is 6.04. The molecule has 0 bridgehead atoms. The van der Waals surface area contributed by atoms with E-state index in [1.165, 1.54) is 6.07 Å². The molecule has 2 rings (SSSR count). The van der Waals surface area contributed by atoms with Crippen LogP contribution < -0.4 is 15.4 Å². The minimum atomic E-state index is -0.540. The number of anilines is 2. The fraction of sp³-hybridized carbons (Fsp3) is 0.133. The first-order valence-electron chi connectivity index (χ1n) is 6.35. The fourth-order valence-electron chi connectivity index (χ4n) is 1.73. The van der Waals surface area contributed by atoms with Crippen molar-refractivity contribution in [2.75, 3.05) is 17.2 Å². The van der Waals surface area contributed by atoms with Crippen LogP contribution in [-0.4, -0.2) is 11.7 Å². The van der Waals surface area contributed by atoms with Gasteiger partial charge in [0.05, 0.1) is 23.0 Å². The molecule has 0 heterocycles. The van der Waals surface area contributed by atoms with Crippen molar-refractivity contribution in [1.29, 1.82) is 0 Å². The predicted molar refractivity (Wildman–Crippen MR) is 88.9 cm³/mol. The van der Waals surface area contributed by atoms with Gasteiger partial charge in [0.1, 0.15) is 5.75 Å². The summed E-state index contributed by atoms with van der Waals surface area (Å²) in [6.07, 6.45) is 0. The van der Waals surface area contributed by atoms with Gasteiger partial charge in [-0.25, -0.2) is 4.39 Å². The van der Waals surface area contributed by atoms with Gasteiger partial charge >= 0.3 is 0 Å². The molecule has 0 aliphatic heterocycles. The highest BCUT2D eigenvalue weighted by atomic mass is 35.5. The monoisotopic (exact) mass is 324 g/mol. The maximum atomic E-state index is 13.8. The first kappa shape index (κ1) is 15.5. The number of ether oxygens (including phenoxy) is 1. The highest BCUT2D eigenvalue weighted by Crippen LogP contribution is 2.25. The Morgan fingerprint density at radius 3 is 2.57 bits per heavy atom. The summed E-state index contributed by atoms with van der Waals surface area (Å²) in [5.74, 6) is 0.136. The molecule has 0 spiro atoms. The normalized spacial score (nSPS) is 10.0. The van der Waals surface area contributed by atoms with E-state index in [0.29, 0.717) is 18.0 Å². The molecule has 0 unspecified atom stereocenters. The zero-order valence-electron chi connectivity index (χ0n) is 11.3. The number of para-hydroxylation sites is 2. The lowest BCUT2D eigenvalue weighted by atomic mass is 10.3. The molecule has 2 N–H and O–H groups in total. The minimum absolute atomic E-state index is 0.0394. The summed E-state index contributed by atoms with van der Waals surface area (Å²) in [6.45, 7) is 2.44. The van der Waals surface area contributed by atoms with Crippen LogP contribution in [0.5, 0.6) is 5.75 Å². The second-order valence-corrected chi connectivity index (χ2v) is 4.93. The molecule has 0 saturated carbocycles. The molecule has 110 valence electrons. The first-order valence-corrected chi connectivity index (χ1v) is 7.14. The zero-order valence-corrected chi connectivity index (χ0v) is 12.9. The van der Waals surface area contributed by atoms with Gasteiger partial charge in [-0.2, -0.15) is 0 Å². The molecule has 0 aliphatic rings. The summed E-state index contributed by atoms with van der Waals surface area (Å²) < 4.78 is 19.3. The van der Waals surface area contributed by atoms with Gasteiger partial charge in [0.15, 0.2) is 10.9 Å². The summed E-state index contributed by atoms with van der Waals surface area (Å²) in [6, 6.07) is 12.1. The molecule has 6 heteroatoms. The molecule has 0 fully saturated rings. The van der Waals surface area contributed by atoms with E-state index in [2.05, 4.69) is 10.6 Å². The van der Waals surface area contributed by atoms with Gasteiger partial charge < -0.3 is 15.4 Å². The van der Waals surface area contributed by atoms with Crippen molar-refractivity contribution in [3.63, 3.8) is 0 Å². The summed E-state index contributed by atoms with van der Waals surface area (Å²) >= 11 is 10.9. The molecule has 2 aromatic carbocycles. The third-order valence-corrected chi connectivity index (χ3v) is 3.13. The third-order valence-electron chi connectivity index (χ3n) is 2.63. The van der Waals surface area contributed by atoms with Gasteiger partial charge in [-0.3, -0.25) is 0 Å². The van der Waals surface area contributed by atoms with Gasteiger partial charge in [-0.05, 0) is 43.4 Å². The van der Waals surface area contributed by atoms with E-state index >= 15 is 0 Å². The van der Waals surface area contributed by atoms with Gasteiger partial charge in [0, 0.05) is 0 Å². The number of rotatable bonds is 4. The number of nitrogens with one attached hydrogen (secondary N) is 2. The van der Waals surface area contributed by atoms with E-state index < -0.39 is 5.82 Å². The molecule has 0 aliphatic carbocycles. The van der Waals surface area contributed by atoms with Crippen LogP contribution in [0.2, 0.25) is 5.02 Å². The Morgan fingerprint density at radius 1 is 1.14 bits per heavy atom. The van der Waals surface area contributed by atoms with Crippen LogP contribution in [0.4, 0.5) is 15.8 Å². The SMILES string of the molecule is CCOc1ccccc1NC(=S)Nc1cccc(Cl)c1F. The maximum Gasteiger partial charge on any atom is 0.175 e. The van der Waals surface area contributed by atoms with Gasteiger partial charge in [0.25, 0.3) is 0 Å². The average Bonchev–Trinajstić information content (AvgIpc) is 2.46. The Kier molecular flexibility index (Phi) is 5.36. The van der Waals surface area contributed by atoms with Crippen molar-refractivity contribution < 1.29 is 9.13 Å². The number of hydrogen-bond acceptors (Lipinski definition) is 2. The molecule has 2 aromatic rings. The van der Waals surface area contributed by atoms with Crippen LogP contribution >= 0.6 is 23.8 Å². The Balaban J connectivity index is 2.10. The van der Waals surface area contributed by atoms with Crippen LogP contribution in [0.25, 0.3) is 0 Å². The molecule has 0 atom stereocenters. The highest BCUT2D eigenvalue weighted by Gasteiger charge is 2.09. The second-order valence-electron chi connectivity index (χ2n) is 4.11. The predicted octanol–water partition coefficient (Wildman–Crippen LogP) is 4.69. The lowest BCUT2D eigenvalue weighted by molar-refractivity contribution is 0.342. The Morgan fingerprint density at radius 2 is 1.81 bits per heavy atom. The summed E-state index contributed by atoms with van der Waals surface area (Å²) in [7, 11) is 0. The molecule has 3 nitrogen and oxygen atoms in total. The third kappa shape index (κ3) is 4.06. The lowest BCUT2D eigenvalue weighted by Gasteiger charge is -2.14. The fourth-order valence-corrected chi connectivity index (χ4v) is 2.12. The van der Waals surface area contributed by atoms with E-state index in [0.717, 1.165) is 0 Å². The van der Waals surface area contributed by atoms with Crippen molar-refractivity contribution in [1.82, 2.24) is 0 Å². The molecule has 0 amide bonds. The molecular weight excluding hydrogens is 311 g/mol. The van der Waals surface area contributed by atoms with Crippen LogP contribution in [0.3, 0.4) is 0 Å². The summed E-state index contributed by atoms with van der Waals surface area (Å²) in [4.78, 5) is 0. The average molecular weight is 325 g/mol. The van der Waals surface area contributed by atoms with Crippen LogP contribution in [0, 0.1) is 5.82 Å². The number of halogens is 2. The van der Waals surface area contributed by atoms with Crippen LogP contribution in [-0.2, 0) is 0 Å². The maximum absolute atomic E-state index is 13.8. The molecule has 21 heavy (non-hydrogen) atoms. The second kappa shape index (κ2) is 7.24. The largest absolute Gasteiger partial charge is 0.492 e. The van der Waals surface area contributed by atoms with Gasteiger partial charge in [0.2, 0.25) is 0 Å². The first-order chi connectivity index (χ1) is 10.1. The zero-order chi connectivity index (χ0) is 15.2. The van der Waals surface area contributed by atoms with E-state index in [-0.39, 0.29) is 15.8 Å². The quantitative estimate of drug-likeness (QED) is 0.800. The number of thiocarbonyl (C=S) groups is 1. The van der Waals surface area contributed by atoms with Crippen molar-refractivity contribution in [3.8, 4) is 5.75 Å². The van der Waals surface area contributed by atoms with E-state index in [1.54, 1.807) is 12.1 Å². The van der Waals surface area contributed by atoms with Crippen molar-refractivity contribution >= 4 is 40.3 Å². The lowest BCUT2D eigenvalue weighted by Crippen LogP contribution is -2.20. The van der Waals surface area contributed by atoms with E-state index in [9.17, 15) is 4.39 Å². The highest BCUT2D eigenvalue weighted by molar-refractivity contribution is 7.80. The van der Waals surface area contributed by atoms with Crippen LogP contribution in [0.15, 0.2) is 42.5 Å². The molecule has 0 saturated heterocycles. The molecule has 0 radical (unpaired) electrons. The Bertz CT molecular complexity index is 651. The van der Waals surface area contributed by atoms with Crippen LogP contribution in [0.1, 0.15) is 6.92 Å². The standard InChI is InChI=1S/C15H14ClFN2OS/c1-2-20-13-9-4-3-7-11(13)18-15(21)19-12-8-5-6-10(16)14(12)17/h3-9H,2H2,1H3,(H2,18,19,21). The summed E-state index contributed by atoms with van der Waals surface area (Å²) in [5.41, 5.74) is 0.924. The minimum Gasteiger partial charge on any atom is -0.492 e. The smallest absolute Gasteiger partial charge is 0.175 e. The van der Waals surface area contributed by atoms with E-state index in [1.807, 2.05) is 31.2 Å². The molecular formula is C15H14ClFN2OS. The van der Waals surface area contributed by atoms with Gasteiger partial charge in [-0.1, -0.05) is 29.8 Å². The Labute approximate surface area is 133 Å². The van der Waals surface area contributed by atoms with Crippen molar-refractivity contribution in [2.45, 2.75) is 6.92 Å². The van der Waals surface area contributed by atoms with Gasteiger partial charge in [-0.15, -0.1) is 0 Å². The van der Waals surface area contributed by atoms with E-state index in [4.69, 9.17) is 28.6 Å². The van der Waals surface area contributed by atoms with Crippen molar-refractivity contribution in [2.24, 2.45) is 0 Å². The number of hydrogen-bond donors (Lipinski definition) is 2. The number of benzene rings is 2.